The first-order valence-electron chi connectivity index (χ1n) is 1.53. The molecule has 0 amide bonds. The van der Waals surface area contributed by atoms with E-state index in [0.29, 0.717) is 0 Å². The molecule has 32 valence electrons. The highest BCUT2D eigenvalue weighted by Gasteiger charge is 1.67. The molecule has 0 unspecified atom stereocenters. The summed E-state index contributed by atoms with van der Waals surface area (Å²) in [6.07, 6.45) is 3.77. The van der Waals surface area contributed by atoms with Crippen molar-refractivity contribution in [2.45, 2.75) is 0 Å². The number of hydrogen-bond acceptors (Lipinski definition) is 0. The molecule has 0 aromatic rings. The van der Waals surface area contributed by atoms with Crippen LogP contribution in [0.3, 0.4) is 0 Å². The molecular formula is C4H10P-. The van der Waals surface area contributed by atoms with E-state index < -0.39 is 6.89 Å². The zero-order valence-electron chi connectivity index (χ0n) is 3.86. The summed E-state index contributed by atoms with van der Waals surface area (Å²) < 4.78 is 0. The molecule has 0 nitrogen and oxygen atoms in total. The van der Waals surface area contributed by atoms with Crippen LogP contribution in [0, 0.1) is 6.66 Å². The lowest BCUT2D eigenvalue weighted by Crippen LogP contribution is -1.58. The van der Waals surface area contributed by atoms with E-state index in [1.54, 1.807) is 0 Å². The fraction of sp³-hybridized carbons (Fsp3) is 0.500. The van der Waals surface area contributed by atoms with E-state index in [-0.39, 0.29) is 0 Å². The Morgan fingerprint density at radius 2 is 1.60 bits per heavy atom. The highest BCUT2D eigenvalue weighted by Crippen LogP contribution is 2.30. The van der Waals surface area contributed by atoms with E-state index >= 15 is 0 Å². The summed E-state index contributed by atoms with van der Waals surface area (Å²) in [5.41, 5.74) is 0. The highest BCUT2D eigenvalue weighted by atomic mass is 31.2. The molecule has 0 aromatic heterocycles. The van der Waals surface area contributed by atoms with Gasteiger partial charge in [-0.25, -0.2) is 0 Å². The lowest BCUT2D eigenvalue weighted by atomic mass is 11.8. The van der Waals surface area contributed by atoms with Crippen LogP contribution in [0.25, 0.3) is 0 Å². The van der Waals surface area contributed by atoms with Crippen molar-refractivity contribution >= 4 is 13.2 Å². The Morgan fingerprint density at radius 1 is 1.60 bits per heavy atom. The lowest BCUT2D eigenvalue weighted by molar-refractivity contribution is 2.20. The van der Waals surface area contributed by atoms with Crippen molar-refractivity contribution in [3.8, 4) is 0 Å². The minimum atomic E-state index is -0.889. The molecule has 0 radical (unpaired) electrons. The molecule has 0 aliphatic rings. The fourth-order valence-corrected chi connectivity index (χ4v) is 0. The van der Waals surface area contributed by atoms with Crippen LogP contribution in [0.4, 0.5) is 0 Å². The van der Waals surface area contributed by atoms with Crippen molar-refractivity contribution in [1.29, 1.82) is 0 Å². The Labute approximate surface area is 34.2 Å². The van der Waals surface area contributed by atoms with Crippen molar-refractivity contribution in [1.82, 2.24) is 0 Å². The quantitative estimate of drug-likeness (QED) is 0.311. The second-order valence-corrected chi connectivity index (χ2v) is 5.81. The monoisotopic (exact) mass is 89.1 g/mol. The van der Waals surface area contributed by atoms with Gasteiger partial charge in [0.25, 0.3) is 0 Å². The first kappa shape index (κ1) is 5.30. The predicted molar refractivity (Wildman–Crippen MR) is 31.2 cm³/mol. The maximum atomic E-state index is 3.77. The zero-order chi connectivity index (χ0) is 4.50. The first-order chi connectivity index (χ1) is 2.00. The molecule has 0 rings (SSSR count). The Morgan fingerprint density at radius 3 is 1.60 bits per heavy atom. The fourth-order valence-electron chi connectivity index (χ4n) is 0. The van der Waals surface area contributed by atoms with Gasteiger partial charge in [0.15, 0.2) is 0 Å². The summed E-state index contributed by atoms with van der Waals surface area (Å²) in [6.45, 7) is 7.03. The summed E-state index contributed by atoms with van der Waals surface area (Å²) >= 11 is 0. The third-order valence-corrected chi connectivity index (χ3v) is 0. The SMILES string of the molecule is C=P([CH2-])(C)C. The van der Waals surface area contributed by atoms with Gasteiger partial charge in [-0.15, -0.1) is 6.30 Å². The van der Waals surface area contributed by atoms with Crippen LogP contribution in [0.2, 0.25) is 0 Å². The summed E-state index contributed by atoms with van der Waals surface area (Å²) in [7, 11) is 0. The molecule has 0 heterocycles. The summed E-state index contributed by atoms with van der Waals surface area (Å²) in [4.78, 5) is 0. The Kier molecular flexibility index (Phi) is 1.25. The minimum absolute atomic E-state index is 0.889. The van der Waals surface area contributed by atoms with E-state index in [1.165, 1.54) is 0 Å². The smallest absolute Gasteiger partial charge is 0.0716 e. The number of hydrogen-bond donors (Lipinski definition) is 0. The van der Waals surface area contributed by atoms with Gasteiger partial charge in [-0.2, -0.15) is 0 Å². The van der Waals surface area contributed by atoms with E-state index in [1.807, 2.05) is 0 Å². The highest BCUT2D eigenvalue weighted by molar-refractivity contribution is 7.73. The van der Waals surface area contributed by atoms with Gasteiger partial charge >= 0.3 is 0 Å². The normalized spacial score (nSPS) is 11.8. The Hall–Kier alpha value is 0.300. The number of rotatable bonds is 0. The van der Waals surface area contributed by atoms with Gasteiger partial charge in [0, 0.05) is 0 Å². The molecular weight excluding hydrogens is 79.0 g/mol. The van der Waals surface area contributed by atoms with Crippen molar-refractivity contribution < 1.29 is 0 Å². The van der Waals surface area contributed by atoms with Gasteiger partial charge in [-0.3, -0.25) is 6.89 Å². The van der Waals surface area contributed by atoms with E-state index in [4.69, 9.17) is 0 Å². The summed E-state index contributed by atoms with van der Waals surface area (Å²) in [5, 5.41) is 0. The molecule has 0 saturated heterocycles. The van der Waals surface area contributed by atoms with Gasteiger partial charge in [-0.05, 0) is 0 Å². The molecule has 0 bridgehead atoms. The van der Waals surface area contributed by atoms with Gasteiger partial charge in [-0.1, -0.05) is 13.3 Å². The van der Waals surface area contributed by atoms with E-state index in [0.717, 1.165) is 0 Å². The Balaban J connectivity index is 3.47. The molecule has 0 saturated carbocycles. The van der Waals surface area contributed by atoms with Crippen LogP contribution in [-0.4, -0.2) is 19.6 Å². The Bertz CT molecular complexity index is 49.8. The first-order valence-corrected chi connectivity index (χ1v) is 4.58. The maximum Gasteiger partial charge on any atom is -0.0716 e. The minimum Gasteiger partial charge on any atom is -0.316 e. The maximum absolute atomic E-state index is 3.77. The van der Waals surface area contributed by atoms with Crippen LogP contribution >= 0.6 is 6.89 Å². The summed E-state index contributed by atoms with van der Waals surface area (Å²) in [6, 6.07) is 0. The van der Waals surface area contributed by atoms with Gasteiger partial charge in [0.1, 0.15) is 0 Å². The molecule has 0 aliphatic heterocycles. The average Bonchev–Trinajstić information content (AvgIpc) is 0.722. The average molecular weight is 89.1 g/mol. The second kappa shape index (κ2) is 1.18. The predicted octanol–water partition coefficient (Wildman–Crippen LogP) is 1.49. The van der Waals surface area contributed by atoms with Crippen LogP contribution in [-0.2, 0) is 0 Å². The van der Waals surface area contributed by atoms with E-state index in [2.05, 4.69) is 26.3 Å². The van der Waals surface area contributed by atoms with E-state index in [9.17, 15) is 0 Å². The molecule has 5 heavy (non-hydrogen) atoms. The van der Waals surface area contributed by atoms with Gasteiger partial charge in [0.2, 0.25) is 0 Å². The zero-order valence-corrected chi connectivity index (χ0v) is 4.76. The molecule has 0 spiro atoms. The van der Waals surface area contributed by atoms with Crippen LogP contribution in [0.15, 0.2) is 0 Å². The third kappa shape index (κ3) is 253. The van der Waals surface area contributed by atoms with Crippen molar-refractivity contribution in [2.75, 3.05) is 13.3 Å². The standard InChI is InChI=1S/C4H10P/c1-5(2,3)4/h1-2H2,3-4H3/q-1. The van der Waals surface area contributed by atoms with Crippen molar-refractivity contribution in [3.05, 3.63) is 6.66 Å². The lowest BCUT2D eigenvalue weighted by Gasteiger charge is -2.08. The molecule has 0 N–H and O–H groups in total. The van der Waals surface area contributed by atoms with Crippen LogP contribution in [0.5, 0.6) is 0 Å². The molecule has 0 fully saturated rings. The van der Waals surface area contributed by atoms with Gasteiger partial charge in [0.05, 0.1) is 0 Å². The molecule has 0 aromatic carbocycles. The topological polar surface area (TPSA) is 0 Å². The van der Waals surface area contributed by atoms with Crippen LogP contribution in [0.1, 0.15) is 0 Å². The van der Waals surface area contributed by atoms with Crippen molar-refractivity contribution in [3.63, 3.8) is 0 Å². The molecule has 0 atom stereocenters. The summed E-state index contributed by atoms with van der Waals surface area (Å²) in [5.74, 6) is 0. The second-order valence-electron chi connectivity index (χ2n) is 1.94. The largest absolute Gasteiger partial charge is 0.316 e. The van der Waals surface area contributed by atoms with Gasteiger partial charge < -0.3 is 6.66 Å². The molecule has 1 heteroatoms. The van der Waals surface area contributed by atoms with Crippen LogP contribution < -0.4 is 0 Å². The van der Waals surface area contributed by atoms with Crippen molar-refractivity contribution in [2.24, 2.45) is 0 Å². The molecule has 0 aliphatic carbocycles. The third-order valence-electron chi connectivity index (χ3n) is 0.